The molecule has 0 aliphatic rings. The molecule has 4 nitrogen and oxygen atoms in total. The van der Waals surface area contributed by atoms with Crippen molar-refractivity contribution in [1.29, 1.82) is 0 Å². The van der Waals surface area contributed by atoms with Crippen molar-refractivity contribution in [1.82, 2.24) is 0 Å². The fourth-order valence-electron chi connectivity index (χ4n) is 1.95. The molecular weight excluding hydrogens is 280 g/mol. The Morgan fingerprint density at radius 2 is 1.95 bits per heavy atom. The molecule has 0 saturated carbocycles. The molecule has 0 aromatic heterocycles. The lowest BCUT2D eigenvalue weighted by molar-refractivity contribution is -0.139. The van der Waals surface area contributed by atoms with Gasteiger partial charge in [-0.2, -0.15) is 0 Å². The monoisotopic (exact) mass is 304 g/mol. The summed E-state index contributed by atoms with van der Waals surface area (Å²) in [7, 11) is 0. The van der Waals surface area contributed by atoms with Gasteiger partial charge in [-0.3, -0.25) is 4.79 Å². The third-order valence-electron chi connectivity index (χ3n) is 3.26. The number of rotatable bonds is 7. The van der Waals surface area contributed by atoms with E-state index < -0.39 is 6.10 Å². The van der Waals surface area contributed by atoms with Crippen LogP contribution in [0, 0.1) is 23.7 Å². The van der Waals surface area contributed by atoms with Gasteiger partial charge in [0.15, 0.2) is 6.61 Å². The number of aliphatic hydroxyl groups excluding tert-OH is 1. The molecule has 0 spiro atoms. The number of hydrogen-bond donors (Lipinski definition) is 1. The van der Waals surface area contributed by atoms with Gasteiger partial charge in [-0.05, 0) is 12.5 Å². The minimum Gasteiger partial charge on any atom is -0.453 e. The van der Waals surface area contributed by atoms with Gasteiger partial charge in [-0.25, -0.2) is 0 Å². The van der Waals surface area contributed by atoms with Crippen molar-refractivity contribution < 1.29 is 19.4 Å². The largest absolute Gasteiger partial charge is 0.453 e. The minimum atomic E-state index is -0.583. The Kier molecular flexibility index (Phi) is 8.27. The van der Waals surface area contributed by atoms with Crippen LogP contribution in [0.3, 0.4) is 0 Å². The van der Waals surface area contributed by atoms with Crippen molar-refractivity contribution >= 4 is 5.97 Å². The van der Waals surface area contributed by atoms with Gasteiger partial charge in [-0.1, -0.05) is 49.1 Å². The molecule has 0 heterocycles. The lowest BCUT2D eigenvalue weighted by atomic mass is 9.94. The van der Waals surface area contributed by atoms with Crippen molar-refractivity contribution in [2.24, 2.45) is 11.8 Å². The third-order valence-corrected chi connectivity index (χ3v) is 3.26. The van der Waals surface area contributed by atoms with Gasteiger partial charge in [0.05, 0.1) is 19.3 Å². The summed E-state index contributed by atoms with van der Waals surface area (Å²) in [6.07, 6.45) is -0.583. The topological polar surface area (TPSA) is 55.8 Å². The summed E-state index contributed by atoms with van der Waals surface area (Å²) >= 11 is 0. The molecule has 22 heavy (non-hydrogen) atoms. The van der Waals surface area contributed by atoms with Crippen LogP contribution in [0.2, 0.25) is 0 Å². The van der Waals surface area contributed by atoms with Crippen molar-refractivity contribution in [3.63, 3.8) is 0 Å². The third kappa shape index (κ3) is 7.26. The first kappa shape index (κ1) is 18.2. The molecule has 1 N–H and O–H groups in total. The minimum absolute atomic E-state index is 0.0262. The Morgan fingerprint density at radius 3 is 2.59 bits per heavy atom. The molecule has 120 valence electrons. The second kappa shape index (κ2) is 9.99. The Balaban J connectivity index is 2.31. The Morgan fingerprint density at radius 1 is 1.27 bits per heavy atom. The van der Waals surface area contributed by atoms with Crippen LogP contribution in [-0.2, 0) is 20.9 Å². The van der Waals surface area contributed by atoms with E-state index in [0.717, 1.165) is 5.56 Å². The zero-order valence-corrected chi connectivity index (χ0v) is 13.4. The van der Waals surface area contributed by atoms with Crippen LogP contribution < -0.4 is 0 Å². The standard InChI is InChI=1S/C18H24O4/c1-14(8-7-11-22-16(3)19)18(20)15(2)12-21-13-17-9-5-4-6-10-17/h4-6,9-10,14-15,18,20H,11-13H2,1-3H3/t14-,15+,18-/m0/s1. The molecular formula is C18H24O4. The Hall–Kier alpha value is -1.83. The fourth-order valence-corrected chi connectivity index (χ4v) is 1.95. The summed E-state index contributed by atoms with van der Waals surface area (Å²) < 4.78 is 10.4. The molecule has 1 aromatic carbocycles. The van der Waals surface area contributed by atoms with Crippen molar-refractivity contribution in [2.45, 2.75) is 33.5 Å². The highest BCUT2D eigenvalue weighted by Gasteiger charge is 2.19. The van der Waals surface area contributed by atoms with Gasteiger partial charge < -0.3 is 14.6 Å². The van der Waals surface area contributed by atoms with E-state index >= 15 is 0 Å². The zero-order chi connectivity index (χ0) is 16.4. The lowest BCUT2D eigenvalue weighted by Gasteiger charge is -2.21. The van der Waals surface area contributed by atoms with E-state index in [0.29, 0.717) is 13.2 Å². The van der Waals surface area contributed by atoms with Crippen molar-refractivity contribution in [2.75, 3.05) is 13.2 Å². The van der Waals surface area contributed by atoms with Crippen LogP contribution in [-0.4, -0.2) is 30.4 Å². The lowest BCUT2D eigenvalue weighted by Crippen LogP contribution is -2.28. The first-order valence-electron chi connectivity index (χ1n) is 7.42. The van der Waals surface area contributed by atoms with Gasteiger partial charge in [-0.15, -0.1) is 0 Å². The number of carbonyl (C=O) groups excluding carboxylic acids is 1. The van der Waals surface area contributed by atoms with Gasteiger partial charge >= 0.3 is 5.97 Å². The highest BCUT2D eigenvalue weighted by atomic mass is 16.5. The predicted molar refractivity (Wildman–Crippen MR) is 84.8 cm³/mol. The molecule has 3 atom stereocenters. The van der Waals surface area contributed by atoms with Crippen molar-refractivity contribution in [3.05, 3.63) is 35.9 Å². The van der Waals surface area contributed by atoms with Crippen LogP contribution in [0.25, 0.3) is 0 Å². The fraction of sp³-hybridized carbons (Fsp3) is 0.500. The first-order chi connectivity index (χ1) is 10.5. The normalized spacial score (nSPS) is 14.4. The molecule has 0 aliphatic heterocycles. The molecule has 0 unspecified atom stereocenters. The van der Waals surface area contributed by atoms with Crippen LogP contribution in [0.1, 0.15) is 26.3 Å². The molecule has 1 rings (SSSR count). The zero-order valence-electron chi connectivity index (χ0n) is 13.4. The molecule has 0 aliphatic carbocycles. The number of esters is 1. The summed E-state index contributed by atoms with van der Waals surface area (Å²) in [5.74, 6) is 5.05. The number of hydrogen-bond acceptors (Lipinski definition) is 4. The summed E-state index contributed by atoms with van der Waals surface area (Å²) in [4.78, 5) is 10.6. The second-order valence-electron chi connectivity index (χ2n) is 5.36. The smallest absolute Gasteiger partial charge is 0.303 e. The van der Waals surface area contributed by atoms with E-state index in [1.807, 2.05) is 44.2 Å². The second-order valence-corrected chi connectivity index (χ2v) is 5.36. The van der Waals surface area contributed by atoms with E-state index in [2.05, 4.69) is 11.8 Å². The summed E-state index contributed by atoms with van der Waals surface area (Å²) in [6, 6.07) is 9.91. The summed E-state index contributed by atoms with van der Waals surface area (Å²) in [5.41, 5.74) is 1.11. The molecule has 0 saturated heterocycles. The number of benzene rings is 1. The van der Waals surface area contributed by atoms with Crippen LogP contribution in [0.5, 0.6) is 0 Å². The van der Waals surface area contributed by atoms with Gasteiger partial charge in [0.1, 0.15) is 0 Å². The number of aliphatic hydroxyl groups is 1. The molecule has 0 bridgehead atoms. The maximum absolute atomic E-state index is 10.6. The van der Waals surface area contributed by atoms with Gasteiger partial charge in [0.25, 0.3) is 0 Å². The summed E-state index contributed by atoms with van der Waals surface area (Å²) in [5, 5.41) is 10.2. The van der Waals surface area contributed by atoms with E-state index in [9.17, 15) is 9.90 Å². The number of ether oxygens (including phenoxy) is 2. The van der Waals surface area contributed by atoms with Crippen LogP contribution in [0.15, 0.2) is 30.3 Å². The van der Waals surface area contributed by atoms with E-state index in [4.69, 9.17) is 9.47 Å². The maximum Gasteiger partial charge on any atom is 0.303 e. The first-order valence-corrected chi connectivity index (χ1v) is 7.42. The molecule has 4 heteroatoms. The van der Waals surface area contributed by atoms with E-state index in [-0.39, 0.29) is 24.4 Å². The Bertz CT molecular complexity index is 501. The average Bonchev–Trinajstić information content (AvgIpc) is 2.51. The molecule has 0 radical (unpaired) electrons. The van der Waals surface area contributed by atoms with Gasteiger partial charge in [0.2, 0.25) is 0 Å². The molecule has 0 amide bonds. The van der Waals surface area contributed by atoms with Crippen LogP contribution >= 0.6 is 0 Å². The van der Waals surface area contributed by atoms with E-state index in [1.165, 1.54) is 6.92 Å². The maximum atomic E-state index is 10.6. The summed E-state index contributed by atoms with van der Waals surface area (Å²) in [6.45, 7) is 6.17. The highest BCUT2D eigenvalue weighted by molar-refractivity contribution is 5.66. The van der Waals surface area contributed by atoms with Gasteiger partial charge in [0, 0.05) is 18.8 Å². The average molecular weight is 304 g/mol. The van der Waals surface area contributed by atoms with Crippen LogP contribution in [0.4, 0.5) is 0 Å². The SMILES string of the molecule is CC(=O)OCC#C[C@H](C)[C@H](O)[C@H](C)COCc1ccccc1. The number of carbonyl (C=O) groups is 1. The Labute approximate surface area is 132 Å². The predicted octanol–water partition coefficient (Wildman–Crippen LogP) is 2.40. The molecule has 0 fully saturated rings. The highest BCUT2D eigenvalue weighted by Crippen LogP contribution is 2.13. The van der Waals surface area contributed by atoms with E-state index in [1.54, 1.807) is 0 Å². The quantitative estimate of drug-likeness (QED) is 0.621. The van der Waals surface area contributed by atoms with Crippen molar-refractivity contribution in [3.8, 4) is 11.8 Å². The molecule has 1 aromatic rings.